The zero-order valence-electron chi connectivity index (χ0n) is 18.5. The van der Waals surface area contributed by atoms with E-state index in [0.717, 1.165) is 6.07 Å². The van der Waals surface area contributed by atoms with Gasteiger partial charge in [0.05, 0.1) is 36.0 Å². The van der Waals surface area contributed by atoms with Gasteiger partial charge in [-0.1, -0.05) is 0 Å². The van der Waals surface area contributed by atoms with Gasteiger partial charge in [0.1, 0.15) is 17.5 Å². The molecule has 1 N–H and O–H groups in total. The third-order valence-electron chi connectivity index (χ3n) is 5.70. The summed E-state index contributed by atoms with van der Waals surface area (Å²) in [5.41, 5.74) is 1.64. The van der Waals surface area contributed by atoms with E-state index in [9.17, 15) is 18.4 Å². The lowest BCUT2D eigenvalue weighted by Crippen LogP contribution is -2.36. The molecule has 0 saturated carbocycles. The van der Waals surface area contributed by atoms with E-state index >= 15 is 0 Å². The molecule has 0 atom stereocenters. The molecule has 7 nitrogen and oxygen atoms in total. The predicted molar refractivity (Wildman–Crippen MR) is 127 cm³/mol. The zero-order chi connectivity index (χ0) is 24.4. The molecule has 1 aliphatic heterocycles. The number of morpholine rings is 1. The van der Waals surface area contributed by atoms with Crippen LogP contribution in [0.15, 0.2) is 66.9 Å². The number of hydrogen-bond acceptors (Lipinski definition) is 6. The fourth-order valence-electron chi connectivity index (χ4n) is 3.82. The third kappa shape index (κ3) is 4.85. The summed E-state index contributed by atoms with van der Waals surface area (Å²) < 4.78 is 33.1. The van der Waals surface area contributed by atoms with Gasteiger partial charge in [-0.25, -0.2) is 13.8 Å². The monoisotopic (exact) mass is 474 g/mol. The first-order chi connectivity index (χ1) is 17.0. The van der Waals surface area contributed by atoms with Crippen molar-refractivity contribution < 1.29 is 23.1 Å². The molecule has 1 fully saturated rings. The highest BCUT2D eigenvalue weighted by Gasteiger charge is 2.18. The van der Waals surface area contributed by atoms with Crippen molar-refractivity contribution in [2.24, 2.45) is 0 Å². The third-order valence-corrected chi connectivity index (χ3v) is 5.70. The van der Waals surface area contributed by atoms with Crippen molar-refractivity contribution >= 4 is 34.2 Å². The van der Waals surface area contributed by atoms with E-state index in [2.05, 4.69) is 20.2 Å². The molecule has 1 saturated heterocycles. The van der Waals surface area contributed by atoms with Crippen LogP contribution in [-0.4, -0.2) is 48.0 Å². The van der Waals surface area contributed by atoms with Crippen molar-refractivity contribution in [1.29, 1.82) is 0 Å². The van der Waals surface area contributed by atoms with E-state index in [0.29, 0.717) is 43.2 Å². The van der Waals surface area contributed by atoms with Gasteiger partial charge >= 0.3 is 0 Å². The summed E-state index contributed by atoms with van der Waals surface area (Å²) in [6.45, 7) is 2.60. The Morgan fingerprint density at radius 1 is 0.886 bits per heavy atom. The molecule has 1 aromatic heterocycles. The van der Waals surface area contributed by atoms with E-state index in [1.165, 1.54) is 36.4 Å². The van der Waals surface area contributed by atoms with Crippen molar-refractivity contribution in [2.45, 2.75) is 0 Å². The Morgan fingerprint density at radius 3 is 2.40 bits per heavy atom. The molecular weight excluding hydrogens is 454 g/mol. The number of nitrogens with one attached hydrogen (secondary N) is 1. The van der Waals surface area contributed by atoms with Crippen LogP contribution in [0.5, 0.6) is 0 Å². The van der Waals surface area contributed by atoms with E-state index in [1.807, 2.05) is 0 Å². The highest BCUT2D eigenvalue weighted by molar-refractivity contribution is 6.11. The summed E-state index contributed by atoms with van der Waals surface area (Å²) in [6, 6.07) is 13.6. The molecule has 0 aliphatic carbocycles. The van der Waals surface area contributed by atoms with Crippen LogP contribution in [0.25, 0.3) is 11.0 Å². The summed E-state index contributed by atoms with van der Waals surface area (Å²) in [6.07, 6.45) is 1.68. The van der Waals surface area contributed by atoms with Crippen LogP contribution in [0.4, 0.5) is 20.3 Å². The molecule has 0 unspecified atom stereocenters. The lowest BCUT2D eigenvalue weighted by atomic mass is 10.0. The van der Waals surface area contributed by atoms with Gasteiger partial charge in [0.15, 0.2) is 5.78 Å². The molecular formula is C26H20F2N4O3. The smallest absolute Gasteiger partial charge is 0.255 e. The summed E-state index contributed by atoms with van der Waals surface area (Å²) in [4.78, 5) is 36.7. The van der Waals surface area contributed by atoms with Gasteiger partial charge < -0.3 is 15.0 Å². The number of carbonyl (C=O) groups excluding carboxylic acids is 2. The van der Waals surface area contributed by atoms with E-state index in [4.69, 9.17) is 4.74 Å². The Bertz CT molecular complexity index is 1420. The normalized spacial score (nSPS) is 13.6. The SMILES string of the molecule is O=C(Nc1ccc(F)c(C(=O)c2ccc3ncc(N4CCOCC4)nc3c2)c1)c1ccc(F)cc1. The fourth-order valence-corrected chi connectivity index (χ4v) is 3.82. The second-order valence-electron chi connectivity index (χ2n) is 8.02. The van der Waals surface area contributed by atoms with Gasteiger partial charge in [-0.3, -0.25) is 14.6 Å². The number of fused-ring (bicyclic) bond motifs is 1. The summed E-state index contributed by atoms with van der Waals surface area (Å²) >= 11 is 0. The molecule has 0 spiro atoms. The zero-order valence-corrected chi connectivity index (χ0v) is 18.5. The summed E-state index contributed by atoms with van der Waals surface area (Å²) in [7, 11) is 0. The number of amides is 1. The maximum Gasteiger partial charge on any atom is 0.255 e. The highest BCUT2D eigenvalue weighted by atomic mass is 19.1. The molecule has 35 heavy (non-hydrogen) atoms. The molecule has 1 amide bonds. The maximum atomic E-state index is 14.6. The van der Waals surface area contributed by atoms with Crippen molar-refractivity contribution in [3.05, 3.63) is 95.2 Å². The largest absolute Gasteiger partial charge is 0.378 e. The minimum atomic E-state index is -0.719. The van der Waals surface area contributed by atoms with Gasteiger partial charge in [0.25, 0.3) is 5.91 Å². The minimum absolute atomic E-state index is 0.196. The van der Waals surface area contributed by atoms with Crippen LogP contribution in [0.3, 0.4) is 0 Å². The van der Waals surface area contributed by atoms with Gasteiger partial charge in [-0.05, 0) is 60.7 Å². The van der Waals surface area contributed by atoms with Crippen LogP contribution in [0.1, 0.15) is 26.3 Å². The van der Waals surface area contributed by atoms with Crippen LogP contribution in [-0.2, 0) is 4.74 Å². The standard InChI is InChI=1S/C26H20F2N4O3/c27-18-4-1-16(2-5-18)26(34)30-19-6-7-21(28)20(14-19)25(33)17-3-8-22-23(13-17)31-24(15-29-22)32-9-11-35-12-10-32/h1-8,13-15H,9-12H2,(H,30,34). The molecule has 0 radical (unpaired) electrons. The molecule has 9 heteroatoms. The number of ether oxygens (including phenoxy) is 1. The average molecular weight is 474 g/mol. The van der Waals surface area contributed by atoms with Crippen LogP contribution >= 0.6 is 0 Å². The predicted octanol–water partition coefficient (Wildman–Crippen LogP) is 4.23. The molecule has 5 rings (SSSR count). The number of halogens is 2. The number of aromatic nitrogens is 2. The van der Waals surface area contributed by atoms with Crippen molar-refractivity contribution in [3.8, 4) is 0 Å². The Hall–Kier alpha value is -4.24. The Kier molecular flexibility index (Phi) is 6.15. The van der Waals surface area contributed by atoms with E-state index in [1.54, 1.807) is 24.4 Å². The molecule has 2 heterocycles. The van der Waals surface area contributed by atoms with E-state index < -0.39 is 23.3 Å². The topological polar surface area (TPSA) is 84.4 Å². The quantitative estimate of drug-likeness (QED) is 0.436. The number of hydrogen-bond donors (Lipinski definition) is 1. The summed E-state index contributed by atoms with van der Waals surface area (Å²) in [5, 5.41) is 2.61. The van der Waals surface area contributed by atoms with Crippen molar-refractivity contribution in [2.75, 3.05) is 36.5 Å². The van der Waals surface area contributed by atoms with Gasteiger partial charge in [0, 0.05) is 29.9 Å². The first kappa shape index (κ1) is 22.5. The van der Waals surface area contributed by atoms with E-state index in [-0.39, 0.29) is 22.4 Å². The first-order valence-corrected chi connectivity index (χ1v) is 11.0. The molecule has 0 bridgehead atoms. The highest BCUT2D eigenvalue weighted by Crippen LogP contribution is 2.23. The number of carbonyl (C=O) groups is 2. The summed E-state index contributed by atoms with van der Waals surface area (Å²) in [5.74, 6) is -1.56. The van der Waals surface area contributed by atoms with Gasteiger partial charge in [-0.15, -0.1) is 0 Å². The van der Waals surface area contributed by atoms with Crippen molar-refractivity contribution in [1.82, 2.24) is 9.97 Å². The molecule has 1 aliphatic rings. The number of anilines is 2. The molecule has 4 aromatic rings. The fraction of sp³-hybridized carbons (Fsp3) is 0.154. The van der Waals surface area contributed by atoms with Crippen molar-refractivity contribution in [3.63, 3.8) is 0 Å². The van der Waals surface area contributed by atoms with Crippen LogP contribution < -0.4 is 10.2 Å². The molecule has 3 aromatic carbocycles. The Morgan fingerprint density at radius 2 is 1.63 bits per heavy atom. The van der Waals surface area contributed by atoms with Crippen LogP contribution in [0.2, 0.25) is 0 Å². The number of benzene rings is 3. The van der Waals surface area contributed by atoms with Crippen LogP contribution in [0, 0.1) is 11.6 Å². The second-order valence-corrected chi connectivity index (χ2v) is 8.02. The first-order valence-electron chi connectivity index (χ1n) is 11.0. The lowest BCUT2D eigenvalue weighted by molar-refractivity contribution is 0.102. The average Bonchev–Trinajstić information content (AvgIpc) is 2.89. The Labute approximate surface area is 199 Å². The Balaban J connectivity index is 1.41. The molecule has 176 valence electrons. The number of rotatable bonds is 5. The number of ketones is 1. The minimum Gasteiger partial charge on any atom is -0.378 e. The van der Waals surface area contributed by atoms with Gasteiger partial charge in [-0.2, -0.15) is 0 Å². The van der Waals surface area contributed by atoms with Gasteiger partial charge in [0.2, 0.25) is 0 Å². The maximum absolute atomic E-state index is 14.6. The second kappa shape index (κ2) is 9.55. The lowest BCUT2D eigenvalue weighted by Gasteiger charge is -2.27. The number of nitrogens with zero attached hydrogens (tertiary/aromatic N) is 3.